The molecule has 0 radical (unpaired) electrons. The van der Waals surface area contributed by atoms with Gasteiger partial charge in [-0.1, -0.05) is 0 Å². The van der Waals surface area contributed by atoms with Gasteiger partial charge in [0, 0.05) is 5.56 Å². The molecule has 1 aromatic heterocycles. The summed E-state index contributed by atoms with van der Waals surface area (Å²) in [6, 6.07) is 1.62. The highest BCUT2D eigenvalue weighted by Gasteiger charge is 2.19. The molecule has 0 spiro atoms. The number of nitrogens with zero attached hydrogens (tertiary/aromatic N) is 2. The second-order valence-electron chi connectivity index (χ2n) is 2.63. The van der Waals surface area contributed by atoms with Crippen molar-refractivity contribution in [1.82, 2.24) is 4.98 Å². The minimum atomic E-state index is -2.72. The molecule has 1 rings (SSSR count). The molecule has 0 saturated carbocycles. The topological polar surface area (TPSA) is 45.9 Å². The molecule has 0 bridgehead atoms. The number of pyridine rings is 1. The highest BCUT2D eigenvalue weighted by atomic mass is 19.3. The number of hydrogen-bond donors (Lipinski definition) is 0. The van der Waals surface area contributed by atoms with E-state index in [0.29, 0.717) is 0 Å². The fourth-order valence-corrected chi connectivity index (χ4v) is 1.16. The normalized spacial score (nSPS) is 10.0. The first kappa shape index (κ1) is 10.4. The third kappa shape index (κ3) is 1.64. The second kappa shape index (κ2) is 4.01. The Morgan fingerprint density at radius 2 is 2.21 bits per heavy atom. The Balaban J connectivity index is 3.41. The lowest BCUT2D eigenvalue weighted by Gasteiger charge is -2.09. The summed E-state index contributed by atoms with van der Waals surface area (Å²) in [6.07, 6.45) is -1.45. The van der Waals surface area contributed by atoms with Crippen molar-refractivity contribution in [2.75, 3.05) is 7.11 Å². The lowest BCUT2D eigenvalue weighted by molar-refractivity contribution is 0.149. The Morgan fingerprint density at radius 1 is 1.57 bits per heavy atom. The van der Waals surface area contributed by atoms with Gasteiger partial charge in [0.05, 0.1) is 18.9 Å². The van der Waals surface area contributed by atoms with Crippen LogP contribution in [0.25, 0.3) is 0 Å². The third-order valence-corrected chi connectivity index (χ3v) is 1.88. The van der Waals surface area contributed by atoms with Gasteiger partial charge in [-0.3, -0.25) is 0 Å². The van der Waals surface area contributed by atoms with E-state index in [1.54, 1.807) is 6.07 Å². The first-order valence-electron chi connectivity index (χ1n) is 3.83. The molecule has 0 fully saturated rings. The predicted octanol–water partition coefficient (Wildman–Crippen LogP) is 2.21. The monoisotopic (exact) mass is 198 g/mol. The van der Waals surface area contributed by atoms with Gasteiger partial charge < -0.3 is 4.74 Å². The van der Waals surface area contributed by atoms with Crippen molar-refractivity contribution in [3.63, 3.8) is 0 Å². The highest BCUT2D eigenvalue weighted by Crippen LogP contribution is 2.30. The van der Waals surface area contributed by atoms with E-state index in [1.807, 2.05) is 0 Å². The van der Waals surface area contributed by atoms with Crippen LogP contribution in [0.4, 0.5) is 8.78 Å². The SMILES string of the molecule is COc1cnc(C#N)c(C(F)F)c1C. The van der Waals surface area contributed by atoms with Crippen LogP contribution in [0.15, 0.2) is 6.20 Å². The van der Waals surface area contributed by atoms with Crippen LogP contribution in [0.5, 0.6) is 5.75 Å². The molecule has 0 atom stereocenters. The number of hydrogen-bond acceptors (Lipinski definition) is 3. The Labute approximate surface area is 79.9 Å². The van der Waals surface area contributed by atoms with Gasteiger partial charge in [0.2, 0.25) is 0 Å². The molecule has 0 aliphatic rings. The van der Waals surface area contributed by atoms with E-state index in [2.05, 4.69) is 4.98 Å². The molecule has 5 heteroatoms. The lowest BCUT2D eigenvalue weighted by atomic mass is 10.1. The van der Waals surface area contributed by atoms with Crippen molar-refractivity contribution in [3.8, 4) is 11.8 Å². The molecule has 0 unspecified atom stereocenters. The second-order valence-corrected chi connectivity index (χ2v) is 2.63. The average molecular weight is 198 g/mol. The van der Waals surface area contributed by atoms with E-state index >= 15 is 0 Å². The van der Waals surface area contributed by atoms with Gasteiger partial charge in [-0.15, -0.1) is 0 Å². The van der Waals surface area contributed by atoms with Crippen molar-refractivity contribution in [3.05, 3.63) is 23.0 Å². The molecule has 0 amide bonds. The summed E-state index contributed by atoms with van der Waals surface area (Å²) >= 11 is 0. The zero-order valence-corrected chi connectivity index (χ0v) is 7.71. The van der Waals surface area contributed by atoms with E-state index in [-0.39, 0.29) is 22.6 Å². The largest absolute Gasteiger partial charge is 0.495 e. The van der Waals surface area contributed by atoms with E-state index in [9.17, 15) is 8.78 Å². The van der Waals surface area contributed by atoms with Crippen LogP contribution in [0, 0.1) is 18.3 Å². The summed E-state index contributed by atoms with van der Waals surface area (Å²) in [5, 5.41) is 8.57. The summed E-state index contributed by atoms with van der Waals surface area (Å²) in [6.45, 7) is 1.48. The molecule has 74 valence electrons. The first-order valence-corrected chi connectivity index (χ1v) is 3.83. The summed E-state index contributed by atoms with van der Waals surface area (Å²) in [4.78, 5) is 3.58. The Hall–Kier alpha value is -1.70. The Kier molecular flexibility index (Phi) is 2.97. The predicted molar refractivity (Wildman–Crippen MR) is 45.2 cm³/mol. The molecule has 14 heavy (non-hydrogen) atoms. The number of nitriles is 1. The maximum Gasteiger partial charge on any atom is 0.267 e. The smallest absolute Gasteiger partial charge is 0.267 e. The van der Waals surface area contributed by atoms with Crippen molar-refractivity contribution in [1.29, 1.82) is 5.26 Å². The minimum absolute atomic E-state index is 0.252. The average Bonchev–Trinajstić information content (AvgIpc) is 2.16. The number of ether oxygens (including phenoxy) is 1. The standard InChI is InChI=1S/C9H8F2N2O/c1-5-7(14-2)4-13-6(3-12)8(5)9(10)11/h4,9H,1-2H3. The van der Waals surface area contributed by atoms with Gasteiger partial charge >= 0.3 is 0 Å². The summed E-state index contributed by atoms with van der Waals surface area (Å²) in [5.74, 6) is 0.263. The van der Waals surface area contributed by atoms with E-state index < -0.39 is 6.43 Å². The van der Waals surface area contributed by atoms with Gasteiger partial charge in [-0.05, 0) is 6.92 Å². The molecule has 0 aliphatic heterocycles. The van der Waals surface area contributed by atoms with Gasteiger partial charge in [-0.25, -0.2) is 13.8 Å². The fraction of sp³-hybridized carbons (Fsp3) is 0.333. The highest BCUT2D eigenvalue weighted by molar-refractivity contribution is 5.44. The van der Waals surface area contributed by atoms with Crippen LogP contribution < -0.4 is 4.74 Å². The lowest BCUT2D eigenvalue weighted by Crippen LogP contribution is -2.00. The van der Waals surface area contributed by atoms with Gasteiger partial charge in [0.15, 0.2) is 0 Å². The van der Waals surface area contributed by atoms with E-state index in [0.717, 1.165) is 0 Å². The molecule has 0 aliphatic carbocycles. The van der Waals surface area contributed by atoms with Crippen LogP contribution >= 0.6 is 0 Å². The van der Waals surface area contributed by atoms with Crippen molar-refractivity contribution in [2.24, 2.45) is 0 Å². The van der Waals surface area contributed by atoms with Crippen LogP contribution in [0.2, 0.25) is 0 Å². The molecule has 1 aromatic rings. The van der Waals surface area contributed by atoms with E-state index in [4.69, 9.17) is 10.00 Å². The number of aromatic nitrogens is 1. The maximum atomic E-state index is 12.5. The molecule has 1 heterocycles. The van der Waals surface area contributed by atoms with E-state index in [1.165, 1.54) is 20.2 Å². The molecular formula is C9H8F2N2O. The number of rotatable bonds is 2. The molecular weight excluding hydrogens is 190 g/mol. The number of halogens is 2. The quantitative estimate of drug-likeness (QED) is 0.731. The minimum Gasteiger partial charge on any atom is -0.495 e. The van der Waals surface area contributed by atoms with Crippen molar-refractivity contribution < 1.29 is 13.5 Å². The molecule has 3 nitrogen and oxygen atoms in total. The zero-order valence-electron chi connectivity index (χ0n) is 7.71. The van der Waals surface area contributed by atoms with Crippen molar-refractivity contribution >= 4 is 0 Å². The van der Waals surface area contributed by atoms with Crippen LogP contribution in [-0.2, 0) is 0 Å². The third-order valence-electron chi connectivity index (χ3n) is 1.88. The zero-order chi connectivity index (χ0) is 10.7. The van der Waals surface area contributed by atoms with Crippen LogP contribution in [0.3, 0.4) is 0 Å². The van der Waals surface area contributed by atoms with Crippen molar-refractivity contribution in [2.45, 2.75) is 13.3 Å². The van der Waals surface area contributed by atoms with Crippen LogP contribution in [-0.4, -0.2) is 12.1 Å². The first-order chi connectivity index (χ1) is 6.61. The van der Waals surface area contributed by atoms with Gasteiger partial charge in [0.25, 0.3) is 6.43 Å². The Morgan fingerprint density at radius 3 is 2.64 bits per heavy atom. The van der Waals surface area contributed by atoms with Gasteiger partial charge in [0.1, 0.15) is 17.5 Å². The Bertz CT molecular complexity index is 385. The summed E-state index contributed by atoms with van der Waals surface area (Å²) in [5.41, 5.74) is -0.348. The number of methoxy groups -OCH3 is 1. The summed E-state index contributed by atoms with van der Waals surface area (Å²) < 4.78 is 29.9. The van der Waals surface area contributed by atoms with Gasteiger partial charge in [-0.2, -0.15) is 5.26 Å². The fourth-order valence-electron chi connectivity index (χ4n) is 1.16. The molecule has 0 saturated heterocycles. The maximum absolute atomic E-state index is 12.5. The van der Waals surface area contributed by atoms with Crippen LogP contribution in [0.1, 0.15) is 23.2 Å². The summed E-state index contributed by atoms with van der Waals surface area (Å²) in [7, 11) is 1.37. The number of alkyl halides is 2. The molecule has 0 N–H and O–H groups in total. The molecule has 0 aromatic carbocycles.